The molecule has 0 bridgehead atoms. The van der Waals surface area contributed by atoms with Gasteiger partial charge in [0, 0.05) is 29.1 Å². The quantitative estimate of drug-likeness (QED) is 0.350. The van der Waals surface area contributed by atoms with Crippen LogP contribution in [0, 0.1) is 0 Å². The summed E-state index contributed by atoms with van der Waals surface area (Å²) < 4.78 is 10.2. The van der Waals surface area contributed by atoms with Gasteiger partial charge in [-0.25, -0.2) is 0 Å². The molecule has 3 heteroatoms. The van der Waals surface area contributed by atoms with Gasteiger partial charge in [0.2, 0.25) is 0 Å². The summed E-state index contributed by atoms with van der Waals surface area (Å²) in [4.78, 5) is 0. The van der Waals surface area contributed by atoms with Crippen LogP contribution in [0.25, 0.3) is 33.4 Å². The van der Waals surface area contributed by atoms with Crippen LogP contribution in [0.15, 0.2) is 71.1 Å². The van der Waals surface area contributed by atoms with E-state index < -0.39 is 0 Å². The minimum absolute atomic E-state index is 0.485. The van der Waals surface area contributed by atoms with Crippen LogP contribution in [-0.2, 0) is 6.54 Å². The molecule has 2 aliphatic rings. The molecular weight excluding hydrogens is 296 g/mol. The van der Waals surface area contributed by atoms with Crippen LogP contribution < -0.4 is 15.8 Å². The van der Waals surface area contributed by atoms with Crippen LogP contribution in [0.1, 0.15) is 5.56 Å². The summed E-state index contributed by atoms with van der Waals surface area (Å²) in [5, 5.41) is 1.87. The smallest absolute Gasteiger partial charge is 0.330 e. The van der Waals surface area contributed by atoms with Crippen molar-refractivity contribution in [2.24, 2.45) is 5.73 Å². The first-order valence-electron chi connectivity index (χ1n) is 7.85. The molecule has 116 valence electrons. The van der Waals surface area contributed by atoms with Gasteiger partial charge in [-0.1, -0.05) is 42.5 Å². The Bertz CT molecular complexity index is 1090. The van der Waals surface area contributed by atoms with Crippen molar-refractivity contribution < 1.29 is 4.42 Å². The number of hydrogen-bond acceptors (Lipinski definition) is 2. The first-order valence-corrected chi connectivity index (χ1v) is 7.85. The standard InChI is InChI=1S/C21H17N2O/c1-23-16-8-10-18-20(12-16)24-19-11-14(13-22)7-9-17(19)21(18)15-5-3-2-4-6-15/h2-12H,1,13,22H2/q+1. The number of benzene rings is 3. The van der Waals surface area contributed by atoms with Crippen molar-refractivity contribution in [1.82, 2.24) is 4.67 Å². The lowest BCUT2D eigenvalue weighted by atomic mass is 9.93. The van der Waals surface area contributed by atoms with Crippen LogP contribution in [0.4, 0.5) is 0 Å². The molecule has 4 rings (SSSR count). The Morgan fingerprint density at radius 1 is 0.958 bits per heavy atom. The Labute approximate surface area is 139 Å². The molecular formula is C21H17N2O+. The molecule has 0 unspecified atom stereocenters. The summed E-state index contributed by atoms with van der Waals surface area (Å²) in [6.45, 7) is 4.08. The Hall–Kier alpha value is -3.13. The molecule has 1 aliphatic carbocycles. The number of hydrogen-bond donors (Lipinski definition) is 1. The highest BCUT2D eigenvalue weighted by molar-refractivity contribution is 6.01. The van der Waals surface area contributed by atoms with Gasteiger partial charge in [0.05, 0.1) is 6.07 Å². The molecule has 24 heavy (non-hydrogen) atoms. The predicted molar refractivity (Wildman–Crippen MR) is 98.6 cm³/mol. The summed E-state index contributed by atoms with van der Waals surface area (Å²) in [7, 11) is 0. The largest absolute Gasteiger partial charge is 0.456 e. The summed E-state index contributed by atoms with van der Waals surface area (Å²) in [6, 6.07) is 22.4. The third kappa shape index (κ3) is 2.33. The molecule has 1 heterocycles. The molecule has 1 aliphatic heterocycles. The minimum Gasteiger partial charge on any atom is -0.456 e. The molecule has 3 nitrogen and oxygen atoms in total. The van der Waals surface area contributed by atoms with Crippen molar-refractivity contribution in [2.45, 2.75) is 6.54 Å². The summed E-state index contributed by atoms with van der Waals surface area (Å²) in [5.41, 5.74) is 11.0. The fourth-order valence-corrected chi connectivity index (χ4v) is 3.06. The Morgan fingerprint density at radius 2 is 1.79 bits per heavy atom. The number of nitrogens with zero attached hydrogens (tertiary/aromatic N) is 1. The highest BCUT2D eigenvalue weighted by atomic mass is 16.3. The second kappa shape index (κ2) is 5.82. The topological polar surface area (TPSA) is 53.3 Å². The predicted octanol–water partition coefficient (Wildman–Crippen LogP) is 3.33. The maximum Gasteiger partial charge on any atom is 0.330 e. The fraction of sp³-hybridized carbons (Fsp3) is 0.0476. The van der Waals surface area contributed by atoms with Crippen LogP contribution in [0.2, 0.25) is 0 Å². The van der Waals surface area contributed by atoms with E-state index in [4.69, 9.17) is 10.2 Å². The summed E-state index contributed by atoms with van der Waals surface area (Å²) in [6.07, 6.45) is 0. The van der Waals surface area contributed by atoms with Crippen LogP contribution in [-0.4, -0.2) is 6.72 Å². The first kappa shape index (κ1) is 14.5. The van der Waals surface area contributed by atoms with Crippen molar-refractivity contribution >= 4 is 17.7 Å². The molecule has 2 N–H and O–H groups in total. The van der Waals surface area contributed by atoms with Gasteiger partial charge in [-0.05, 0) is 23.3 Å². The van der Waals surface area contributed by atoms with E-state index >= 15 is 0 Å². The molecule has 0 atom stereocenters. The monoisotopic (exact) mass is 313 g/mol. The molecule has 2 aromatic rings. The van der Waals surface area contributed by atoms with E-state index in [9.17, 15) is 0 Å². The SMILES string of the molecule is C=[N+]=c1ccc2c(-c3ccccc3)c3ccc(CN)cc3oc-2c1. The molecule has 0 saturated heterocycles. The van der Waals surface area contributed by atoms with Crippen molar-refractivity contribution in [3.8, 4) is 22.5 Å². The molecule has 0 fully saturated rings. The molecule has 0 saturated carbocycles. The summed E-state index contributed by atoms with van der Waals surface area (Å²) in [5.74, 6) is 0.792. The van der Waals surface area contributed by atoms with Crippen LogP contribution in [0.3, 0.4) is 0 Å². The zero-order chi connectivity index (χ0) is 16.5. The minimum atomic E-state index is 0.485. The van der Waals surface area contributed by atoms with Crippen LogP contribution >= 0.6 is 0 Å². The third-order valence-corrected chi connectivity index (χ3v) is 4.25. The summed E-state index contributed by atoms with van der Waals surface area (Å²) >= 11 is 0. The van der Waals surface area contributed by atoms with E-state index in [1.54, 1.807) is 0 Å². The van der Waals surface area contributed by atoms with Crippen LogP contribution in [0.5, 0.6) is 0 Å². The lowest BCUT2D eigenvalue weighted by Crippen LogP contribution is -2.05. The van der Waals surface area contributed by atoms with Crippen molar-refractivity contribution in [2.75, 3.05) is 0 Å². The molecule has 0 spiro atoms. The molecule has 0 radical (unpaired) electrons. The average molecular weight is 313 g/mol. The normalized spacial score (nSPS) is 10.9. The number of nitrogens with two attached hydrogens (primary N) is 1. The van der Waals surface area contributed by atoms with Gasteiger partial charge >= 0.3 is 5.36 Å². The van der Waals surface area contributed by atoms with Gasteiger partial charge < -0.3 is 10.2 Å². The first-order chi connectivity index (χ1) is 11.8. The van der Waals surface area contributed by atoms with E-state index in [-0.39, 0.29) is 0 Å². The van der Waals surface area contributed by atoms with Gasteiger partial charge in [0.25, 0.3) is 6.72 Å². The van der Waals surface area contributed by atoms with Gasteiger partial charge in [-0.2, -0.15) is 0 Å². The highest BCUT2D eigenvalue weighted by Crippen LogP contribution is 2.39. The lowest BCUT2D eigenvalue weighted by molar-refractivity contribution is 0.618. The number of rotatable bonds is 2. The van der Waals surface area contributed by atoms with E-state index in [0.717, 1.165) is 44.3 Å². The van der Waals surface area contributed by atoms with E-state index in [1.807, 2.05) is 42.5 Å². The zero-order valence-electron chi connectivity index (χ0n) is 13.2. The maximum atomic E-state index is 6.15. The molecule has 0 amide bonds. The Morgan fingerprint density at radius 3 is 2.54 bits per heavy atom. The number of fused-ring (bicyclic) bond motifs is 2. The van der Waals surface area contributed by atoms with Crippen molar-refractivity contribution in [3.05, 3.63) is 77.7 Å². The molecule has 2 aromatic carbocycles. The lowest BCUT2D eigenvalue weighted by Gasteiger charge is -2.15. The van der Waals surface area contributed by atoms with Crippen molar-refractivity contribution in [3.63, 3.8) is 0 Å². The van der Waals surface area contributed by atoms with Gasteiger partial charge in [0.15, 0.2) is 0 Å². The van der Waals surface area contributed by atoms with Crippen molar-refractivity contribution in [1.29, 1.82) is 0 Å². The molecule has 0 aromatic heterocycles. The third-order valence-electron chi connectivity index (χ3n) is 4.25. The highest BCUT2D eigenvalue weighted by Gasteiger charge is 2.18. The Balaban J connectivity index is 2.18. The Kier molecular flexibility index (Phi) is 3.51. The maximum absolute atomic E-state index is 6.15. The second-order valence-corrected chi connectivity index (χ2v) is 5.72. The van der Waals surface area contributed by atoms with Gasteiger partial charge in [-0.3, -0.25) is 0 Å². The van der Waals surface area contributed by atoms with Gasteiger partial charge in [0.1, 0.15) is 11.3 Å². The fourth-order valence-electron chi connectivity index (χ4n) is 3.06. The van der Waals surface area contributed by atoms with Gasteiger partial charge in [-0.15, -0.1) is 4.67 Å². The van der Waals surface area contributed by atoms with E-state index in [2.05, 4.69) is 35.7 Å². The second-order valence-electron chi connectivity index (χ2n) is 5.72. The van der Waals surface area contributed by atoms with E-state index in [1.165, 1.54) is 0 Å². The zero-order valence-corrected chi connectivity index (χ0v) is 13.2. The van der Waals surface area contributed by atoms with E-state index in [0.29, 0.717) is 6.54 Å². The average Bonchev–Trinajstić information content (AvgIpc) is 2.65.